The van der Waals surface area contributed by atoms with Crippen molar-refractivity contribution in [2.75, 3.05) is 0 Å². The number of alkyl halides is 2. The van der Waals surface area contributed by atoms with E-state index < -0.39 is 13.1 Å². The Morgan fingerprint density at radius 2 is 1.43 bits per heavy atom. The Hall–Kier alpha value is -0.260. The lowest BCUT2D eigenvalue weighted by Crippen LogP contribution is -2.00. The van der Waals surface area contributed by atoms with Gasteiger partial charge in [-0.1, -0.05) is 0 Å². The van der Waals surface area contributed by atoms with Crippen molar-refractivity contribution >= 4 is 0 Å². The molecule has 1 fully saturated rings. The second-order valence-electron chi connectivity index (χ2n) is 0.877. The predicted molar refractivity (Wildman–Crippen MR) is 13.0 cm³/mol. The highest BCUT2D eigenvalue weighted by Gasteiger charge is 2.26. The van der Waals surface area contributed by atoms with Crippen molar-refractivity contribution in [1.82, 2.24) is 0 Å². The van der Waals surface area contributed by atoms with Crippen LogP contribution in [0.1, 0.15) is 0 Å². The van der Waals surface area contributed by atoms with E-state index in [9.17, 15) is 8.78 Å². The molecule has 0 aromatic carbocycles. The molecule has 0 saturated carbocycles. The van der Waals surface area contributed by atoms with Crippen LogP contribution in [-0.4, -0.2) is 13.1 Å². The minimum Gasteiger partial charge on any atom is -0.264 e. The van der Waals surface area contributed by atoms with Crippen molar-refractivity contribution in [1.29, 1.82) is 0 Å². The van der Waals surface area contributed by atoms with Gasteiger partial charge in [0.05, 0.1) is 0 Å². The summed E-state index contributed by atoms with van der Waals surface area (Å²) in [4.78, 5) is 7.00. The molecule has 1 heterocycles. The summed E-state index contributed by atoms with van der Waals surface area (Å²) in [5, 5.41) is 0. The van der Waals surface area contributed by atoms with Crippen LogP contribution in [-0.2, 0) is 14.5 Å². The van der Waals surface area contributed by atoms with Gasteiger partial charge in [-0.25, -0.2) is 0 Å². The lowest BCUT2D eigenvalue weighted by Gasteiger charge is -1.87. The molecule has 0 amide bonds. The maximum atomic E-state index is 11.4. The molecule has 1 aliphatic heterocycles. The highest BCUT2D eigenvalue weighted by atomic mass is 19.2. The highest BCUT2D eigenvalue weighted by molar-refractivity contribution is 4.18. The number of hydrogen-bond donors (Lipinski definition) is 0. The van der Waals surface area contributed by atoms with Crippen LogP contribution < -0.4 is 0 Å². The normalized spacial score (nSPS) is 42.0. The first kappa shape index (κ1) is 4.89. The first-order valence-electron chi connectivity index (χ1n) is 1.55. The number of rotatable bonds is 0. The molecular formula is C2H2F2O3. The van der Waals surface area contributed by atoms with Crippen molar-refractivity contribution in [3.05, 3.63) is 0 Å². The Balaban J connectivity index is 2.26. The molecule has 0 spiro atoms. The quantitative estimate of drug-likeness (QED) is 0.426. The summed E-state index contributed by atoms with van der Waals surface area (Å²) in [7, 11) is 0. The van der Waals surface area contributed by atoms with E-state index in [-0.39, 0.29) is 0 Å². The van der Waals surface area contributed by atoms with E-state index in [2.05, 4.69) is 14.5 Å². The van der Waals surface area contributed by atoms with Gasteiger partial charge in [0.25, 0.3) is 0 Å². The first-order valence-corrected chi connectivity index (χ1v) is 1.55. The fourth-order valence-corrected chi connectivity index (χ4v) is 0.217. The molecule has 7 heavy (non-hydrogen) atoms. The summed E-state index contributed by atoms with van der Waals surface area (Å²) in [5.74, 6) is 0. The van der Waals surface area contributed by atoms with Crippen LogP contribution in [0.3, 0.4) is 0 Å². The van der Waals surface area contributed by atoms with E-state index in [4.69, 9.17) is 0 Å². The minimum atomic E-state index is -2.07. The van der Waals surface area contributed by atoms with Crippen LogP contribution in [0.4, 0.5) is 8.78 Å². The average molecular weight is 112 g/mol. The first-order chi connectivity index (χ1) is 3.29. The Morgan fingerprint density at radius 3 is 1.57 bits per heavy atom. The van der Waals surface area contributed by atoms with Gasteiger partial charge >= 0.3 is 13.1 Å². The summed E-state index contributed by atoms with van der Waals surface area (Å²) in [5.41, 5.74) is 0. The summed E-state index contributed by atoms with van der Waals surface area (Å²) in [6.07, 6.45) is 0. The smallest absolute Gasteiger partial charge is 0.264 e. The summed E-state index contributed by atoms with van der Waals surface area (Å²) >= 11 is 0. The molecule has 0 N–H and O–H groups in total. The van der Waals surface area contributed by atoms with Crippen LogP contribution in [0.5, 0.6) is 0 Å². The predicted octanol–water partition coefficient (Wildman–Crippen LogP) is 0.471. The molecule has 42 valence electrons. The van der Waals surface area contributed by atoms with Crippen LogP contribution in [0, 0.1) is 0 Å². The zero-order valence-electron chi connectivity index (χ0n) is 3.14. The van der Waals surface area contributed by atoms with Gasteiger partial charge in [-0.3, -0.25) is 4.74 Å². The topological polar surface area (TPSA) is 27.7 Å². The number of halogens is 2. The molecule has 0 radical (unpaired) electrons. The van der Waals surface area contributed by atoms with Gasteiger partial charge in [-0.2, -0.15) is 18.6 Å². The molecular weight excluding hydrogens is 110 g/mol. The number of ether oxygens (including phenoxy) is 1. The highest BCUT2D eigenvalue weighted by Crippen LogP contribution is 2.13. The molecule has 0 bridgehead atoms. The molecule has 3 nitrogen and oxygen atoms in total. The van der Waals surface area contributed by atoms with Crippen LogP contribution in [0.2, 0.25) is 0 Å². The third-order valence-corrected chi connectivity index (χ3v) is 0.421. The third-order valence-electron chi connectivity index (χ3n) is 0.421. The maximum Gasteiger partial charge on any atom is 0.341 e. The van der Waals surface area contributed by atoms with Crippen molar-refractivity contribution in [2.24, 2.45) is 0 Å². The SMILES string of the molecule is F[C@@H]1OO[C@H](F)O1. The Labute approximate surface area is 37.7 Å². The molecule has 5 heteroatoms. The second kappa shape index (κ2) is 1.69. The van der Waals surface area contributed by atoms with Crippen LogP contribution in [0.25, 0.3) is 0 Å². The number of hydrogen-bond acceptors (Lipinski definition) is 3. The molecule has 1 aliphatic rings. The molecule has 1 saturated heterocycles. The fraction of sp³-hybridized carbons (Fsp3) is 1.00. The fourth-order valence-electron chi connectivity index (χ4n) is 0.217. The van der Waals surface area contributed by atoms with Gasteiger partial charge in [-0.15, -0.1) is 0 Å². The van der Waals surface area contributed by atoms with Gasteiger partial charge in [0, 0.05) is 0 Å². The summed E-state index contributed by atoms with van der Waals surface area (Å²) in [6.45, 7) is -4.15. The van der Waals surface area contributed by atoms with Crippen molar-refractivity contribution in [3.63, 3.8) is 0 Å². The van der Waals surface area contributed by atoms with Gasteiger partial charge in [-0.05, 0) is 0 Å². The second-order valence-corrected chi connectivity index (χ2v) is 0.877. The standard InChI is InChI=1S/C2H2F2O3/c3-1-5-2(4)7-6-1/h1-2H/t1-,2+. The molecule has 0 aromatic rings. The Morgan fingerprint density at radius 1 is 1.00 bits per heavy atom. The lowest BCUT2D eigenvalue weighted by atomic mass is 11.3. The van der Waals surface area contributed by atoms with Crippen molar-refractivity contribution < 1.29 is 23.3 Å². The zero-order chi connectivity index (χ0) is 5.28. The molecule has 2 atom stereocenters. The third kappa shape index (κ3) is 1.05. The summed E-state index contributed by atoms with van der Waals surface area (Å²) < 4.78 is 26.3. The van der Waals surface area contributed by atoms with E-state index >= 15 is 0 Å². The van der Waals surface area contributed by atoms with Crippen molar-refractivity contribution in [2.45, 2.75) is 13.1 Å². The molecule has 0 aliphatic carbocycles. The minimum absolute atomic E-state index is 2.07. The van der Waals surface area contributed by atoms with E-state index in [0.717, 1.165) is 0 Å². The van der Waals surface area contributed by atoms with E-state index in [1.54, 1.807) is 0 Å². The van der Waals surface area contributed by atoms with Crippen LogP contribution >= 0.6 is 0 Å². The molecule has 1 rings (SSSR count). The van der Waals surface area contributed by atoms with Crippen molar-refractivity contribution in [3.8, 4) is 0 Å². The van der Waals surface area contributed by atoms with Gasteiger partial charge in [0.2, 0.25) is 0 Å². The van der Waals surface area contributed by atoms with Crippen LogP contribution in [0.15, 0.2) is 0 Å². The molecule has 0 aromatic heterocycles. The van der Waals surface area contributed by atoms with Gasteiger partial charge in [0.15, 0.2) is 0 Å². The van der Waals surface area contributed by atoms with E-state index in [1.807, 2.05) is 0 Å². The lowest BCUT2D eigenvalue weighted by molar-refractivity contribution is -0.335. The Bertz CT molecular complexity index is 60.0. The summed E-state index contributed by atoms with van der Waals surface area (Å²) in [6, 6.07) is 0. The molecule has 0 unspecified atom stereocenters. The largest absolute Gasteiger partial charge is 0.341 e. The van der Waals surface area contributed by atoms with Gasteiger partial charge in [0.1, 0.15) is 0 Å². The monoisotopic (exact) mass is 112 g/mol. The maximum absolute atomic E-state index is 11.4. The zero-order valence-corrected chi connectivity index (χ0v) is 3.14. The average Bonchev–Trinajstić information content (AvgIpc) is 1.87. The van der Waals surface area contributed by atoms with E-state index in [0.29, 0.717) is 0 Å². The van der Waals surface area contributed by atoms with Gasteiger partial charge < -0.3 is 0 Å². The van der Waals surface area contributed by atoms with E-state index in [1.165, 1.54) is 0 Å². The Kier molecular flexibility index (Phi) is 1.18.